The molecule has 0 bridgehead atoms. The number of nitrogens with zero attached hydrogens (tertiary/aromatic N) is 1. The van der Waals surface area contributed by atoms with Gasteiger partial charge in [0.1, 0.15) is 11.6 Å². The van der Waals surface area contributed by atoms with Crippen LogP contribution in [0.4, 0.5) is 0 Å². The van der Waals surface area contributed by atoms with Crippen molar-refractivity contribution in [2.24, 2.45) is 0 Å². The first kappa shape index (κ1) is 11.6. The van der Waals surface area contributed by atoms with Crippen LogP contribution in [0.1, 0.15) is 10.7 Å². The predicted molar refractivity (Wildman–Crippen MR) is 55.6 cm³/mol. The van der Waals surface area contributed by atoms with E-state index in [4.69, 9.17) is 0 Å². The topological polar surface area (TPSA) is 68.3 Å². The highest BCUT2D eigenvalue weighted by Crippen LogP contribution is 2.08. The summed E-state index contributed by atoms with van der Waals surface area (Å²) in [6.45, 7) is 1.77. The molecule has 0 fully saturated rings. The molecule has 1 amide bonds. The van der Waals surface area contributed by atoms with Crippen LogP contribution in [-0.2, 0) is 20.7 Å². The Morgan fingerprint density at radius 3 is 2.87 bits per heavy atom. The van der Waals surface area contributed by atoms with Crippen molar-refractivity contribution in [3.63, 3.8) is 0 Å². The van der Waals surface area contributed by atoms with Gasteiger partial charge < -0.3 is 10.1 Å². The number of carbonyl (C=O) groups excluding carboxylic acids is 2. The van der Waals surface area contributed by atoms with Gasteiger partial charge in [0.15, 0.2) is 0 Å². The molecule has 0 aliphatic carbocycles. The van der Waals surface area contributed by atoms with Gasteiger partial charge in [-0.25, -0.2) is 4.98 Å². The summed E-state index contributed by atoms with van der Waals surface area (Å²) in [5.41, 5.74) is 0.899. The molecular formula is C9H12N2O3S. The van der Waals surface area contributed by atoms with E-state index in [0.717, 1.165) is 10.7 Å². The lowest BCUT2D eigenvalue weighted by atomic mass is 10.4. The summed E-state index contributed by atoms with van der Waals surface area (Å²) >= 11 is 1.43. The van der Waals surface area contributed by atoms with E-state index in [2.05, 4.69) is 15.0 Å². The lowest BCUT2D eigenvalue weighted by Gasteiger charge is -2.01. The summed E-state index contributed by atoms with van der Waals surface area (Å²) < 4.78 is 4.39. The largest absolute Gasteiger partial charge is 0.468 e. The van der Waals surface area contributed by atoms with Crippen LogP contribution in [0.25, 0.3) is 0 Å². The molecule has 0 radical (unpaired) electrons. The zero-order valence-corrected chi connectivity index (χ0v) is 9.39. The van der Waals surface area contributed by atoms with Crippen LogP contribution in [0, 0.1) is 6.92 Å². The molecule has 1 aromatic heterocycles. The minimum atomic E-state index is -0.460. The highest BCUT2D eigenvalue weighted by molar-refractivity contribution is 7.09. The summed E-state index contributed by atoms with van der Waals surface area (Å²) in [5, 5.41) is 5.07. The number of esters is 1. The van der Waals surface area contributed by atoms with E-state index in [1.807, 2.05) is 12.3 Å². The van der Waals surface area contributed by atoms with E-state index >= 15 is 0 Å². The van der Waals surface area contributed by atoms with Crippen LogP contribution in [-0.4, -0.2) is 30.5 Å². The number of aromatic nitrogens is 1. The van der Waals surface area contributed by atoms with E-state index in [-0.39, 0.29) is 18.9 Å². The predicted octanol–water partition coefficient (Wildman–Crippen LogP) is 0.283. The number of rotatable bonds is 4. The van der Waals surface area contributed by atoms with E-state index in [9.17, 15) is 9.59 Å². The lowest BCUT2D eigenvalue weighted by Crippen LogP contribution is -2.31. The van der Waals surface area contributed by atoms with Crippen LogP contribution < -0.4 is 5.32 Å². The number of methoxy groups -OCH3 is 1. The molecular weight excluding hydrogens is 216 g/mol. The minimum absolute atomic E-state index is 0.0975. The Hall–Kier alpha value is -1.43. The van der Waals surface area contributed by atoms with Gasteiger partial charge in [-0.05, 0) is 6.92 Å². The summed E-state index contributed by atoms with van der Waals surface area (Å²) in [6, 6.07) is 0. The maximum atomic E-state index is 11.3. The molecule has 0 aliphatic rings. The van der Waals surface area contributed by atoms with Gasteiger partial charge in [0.25, 0.3) is 0 Å². The van der Waals surface area contributed by atoms with Crippen molar-refractivity contribution in [2.75, 3.05) is 13.7 Å². The van der Waals surface area contributed by atoms with Crippen molar-refractivity contribution in [3.05, 3.63) is 16.1 Å². The van der Waals surface area contributed by atoms with Gasteiger partial charge in [0, 0.05) is 11.1 Å². The molecule has 0 aliphatic heterocycles. The maximum Gasteiger partial charge on any atom is 0.325 e. The van der Waals surface area contributed by atoms with Crippen molar-refractivity contribution in [1.29, 1.82) is 0 Å². The van der Waals surface area contributed by atoms with Crippen molar-refractivity contribution in [2.45, 2.75) is 13.3 Å². The molecule has 1 aromatic rings. The molecule has 5 nitrogen and oxygen atoms in total. The quantitative estimate of drug-likeness (QED) is 0.752. The minimum Gasteiger partial charge on any atom is -0.468 e. The fourth-order valence-electron chi connectivity index (χ4n) is 0.927. The fraction of sp³-hybridized carbons (Fsp3) is 0.444. The molecule has 1 heterocycles. The number of thiazole rings is 1. The lowest BCUT2D eigenvalue weighted by molar-refractivity contribution is -0.141. The molecule has 6 heteroatoms. The number of hydrogen-bond acceptors (Lipinski definition) is 5. The van der Waals surface area contributed by atoms with Crippen LogP contribution in [0.3, 0.4) is 0 Å². The standard InChI is InChI=1S/C9H12N2O3S/c1-6-5-15-8(11-6)3-7(12)10-4-9(13)14-2/h5H,3-4H2,1-2H3,(H,10,12). The average molecular weight is 228 g/mol. The van der Waals surface area contributed by atoms with Gasteiger partial charge in [-0.1, -0.05) is 0 Å². The van der Waals surface area contributed by atoms with E-state index < -0.39 is 5.97 Å². The Labute approximate surface area is 91.5 Å². The Morgan fingerprint density at radius 2 is 2.33 bits per heavy atom. The highest BCUT2D eigenvalue weighted by Gasteiger charge is 2.08. The molecule has 1 N–H and O–H groups in total. The number of amides is 1. The van der Waals surface area contributed by atoms with Crippen LogP contribution >= 0.6 is 11.3 Å². The molecule has 1 rings (SSSR count). The average Bonchev–Trinajstić information content (AvgIpc) is 2.60. The van der Waals surface area contributed by atoms with Gasteiger partial charge >= 0.3 is 5.97 Å². The maximum absolute atomic E-state index is 11.3. The van der Waals surface area contributed by atoms with Crippen LogP contribution in [0.5, 0.6) is 0 Å². The third-order valence-electron chi connectivity index (χ3n) is 1.64. The molecule has 0 aromatic carbocycles. The monoisotopic (exact) mass is 228 g/mol. The Bertz CT molecular complexity index is 362. The Balaban J connectivity index is 2.33. The van der Waals surface area contributed by atoms with Crippen molar-refractivity contribution in [3.8, 4) is 0 Å². The molecule has 0 atom stereocenters. The fourth-order valence-corrected chi connectivity index (χ4v) is 1.70. The number of carbonyl (C=O) groups is 2. The van der Waals surface area contributed by atoms with Crippen molar-refractivity contribution in [1.82, 2.24) is 10.3 Å². The number of hydrogen-bond donors (Lipinski definition) is 1. The van der Waals surface area contributed by atoms with Gasteiger partial charge in [0.2, 0.25) is 5.91 Å². The zero-order valence-electron chi connectivity index (χ0n) is 8.57. The SMILES string of the molecule is COC(=O)CNC(=O)Cc1nc(C)cs1. The highest BCUT2D eigenvalue weighted by atomic mass is 32.1. The second-order valence-electron chi connectivity index (χ2n) is 2.91. The van der Waals surface area contributed by atoms with Gasteiger partial charge in [-0.3, -0.25) is 9.59 Å². The first-order valence-electron chi connectivity index (χ1n) is 4.36. The van der Waals surface area contributed by atoms with E-state index in [1.54, 1.807) is 0 Å². The molecule has 0 saturated heterocycles. The number of ether oxygens (including phenoxy) is 1. The third kappa shape index (κ3) is 4.07. The van der Waals surface area contributed by atoms with Gasteiger partial charge in [-0.15, -0.1) is 11.3 Å². The smallest absolute Gasteiger partial charge is 0.325 e. The van der Waals surface area contributed by atoms with Gasteiger partial charge in [-0.2, -0.15) is 0 Å². The molecule has 0 unspecified atom stereocenters. The summed E-state index contributed by atoms with van der Waals surface area (Å²) in [4.78, 5) is 26.2. The molecule has 0 saturated carbocycles. The van der Waals surface area contributed by atoms with E-state index in [0.29, 0.717) is 0 Å². The van der Waals surface area contributed by atoms with E-state index in [1.165, 1.54) is 18.4 Å². The number of aryl methyl sites for hydroxylation is 1. The number of nitrogens with one attached hydrogen (secondary N) is 1. The summed E-state index contributed by atoms with van der Waals surface area (Å²) in [5.74, 6) is -0.687. The zero-order chi connectivity index (χ0) is 11.3. The molecule has 15 heavy (non-hydrogen) atoms. The molecule has 82 valence electrons. The Kier molecular flexibility index (Phi) is 4.23. The first-order chi connectivity index (χ1) is 7.11. The Morgan fingerprint density at radius 1 is 1.60 bits per heavy atom. The van der Waals surface area contributed by atoms with Gasteiger partial charge in [0.05, 0.1) is 13.5 Å². The van der Waals surface area contributed by atoms with Crippen LogP contribution in [0.2, 0.25) is 0 Å². The second kappa shape index (κ2) is 5.45. The van der Waals surface area contributed by atoms with Crippen molar-refractivity contribution < 1.29 is 14.3 Å². The normalized spacial score (nSPS) is 9.73. The van der Waals surface area contributed by atoms with Crippen LogP contribution in [0.15, 0.2) is 5.38 Å². The van der Waals surface area contributed by atoms with Crippen molar-refractivity contribution >= 4 is 23.2 Å². The first-order valence-corrected chi connectivity index (χ1v) is 5.24. The second-order valence-corrected chi connectivity index (χ2v) is 3.85. The summed E-state index contributed by atoms with van der Waals surface area (Å²) in [6.07, 6.45) is 0.204. The summed E-state index contributed by atoms with van der Waals surface area (Å²) in [7, 11) is 1.28. The third-order valence-corrected chi connectivity index (χ3v) is 2.60. The molecule has 0 spiro atoms.